The third kappa shape index (κ3) is 4.83. The van der Waals surface area contributed by atoms with Crippen molar-refractivity contribution in [3.8, 4) is 0 Å². The first kappa shape index (κ1) is 17.3. The van der Waals surface area contributed by atoms with Crippen LogP contribution in [0.2, 0.25) is 0 Å². The van der Waals surface area contributed by atoms with E-state index in [1.165, 1.54) is 0 Å². The van der Waals surface area contributed by atoms with Crippen molar-refractivity contribution in [2.24, 2.45) is 11.5 Å². The largest absolute Gasteiger partial charge is 0.491 e. The minimum atomic E-state index is -5.41. The molecule has 0 aromatic carbocycles. The molecule has 10 heteroatoms. The highest BCUT2D eigenvalue weighted by molar-refractivity contribution is 6.07. The molecule has 1 atom stereocenters. The molecule has 110 valence electrons. The molecule has 1 unspecified atom stereocenters. The normalized spacial score (nSPS) is 14.6. The van der Waals surface area contributed by atoms with Crippen LogP contribution in [0.3, 0.4) is 0 Å². The van der Waals surface area contributed by atoms with Gasteiger partial charge in [0.1, 0.15) is 0 Å². The van der Waals surface area contributed by atoms with Gasteiger partial charge in [-0.1, -0.05) is 0 Å². The highest BCUT2D eigenvalue weighted by Crippen LogP contribution is 2.20. The predicted molar refractivity (Wildman–Crippen MR) is 54.6 cm³/mol. The first-order chi connectivity index (χ1) is 8.55. The lowest BCUT2D eigenvalue weighted by Crippen LogP contribution is -2.56. The van der Waals surface area contributed by atoms with Crippen molar-refractivity contribution in [2.75, 3.05) is 6.54 Å². The van der Waals surface area contributed by atoms with E-state index in [-0.39, 0.29) is 13.0 Å². The van der Waals surface area contributed by atoms with Crippen LogP contribution in [0.1, 0.15) is 19.3 Å². The number of hydrogen-bond donors (Lipinski definition) is 3. The monoisotopic (exact) mass is 286 g/mol. The van der Waals surface area contributed by atoms with Gasteiger partial charge in [0.15, 0.2) is 0 Å². The van der Waals surface area contributed by atoms with Gasteiger partial charge in [-0.15, -0.1) is 0 Å². The molecule has 0 aromatic rings. The molecule has 0 aliphatic rings. The maximum absolute atomic E-state index is 11.9. The van der Waals surface area contributed by atoms with Gasteiger partial charge >= 0.3 is 24.1 Å². The second-order valence-electron chi connectivity index (χ2n) is 3.70. The fourth-order valence-corrected chi connectivity index (χ4v) is 1.08. The molecule has 0 saturated heterocycles. The van der Waals surface area contributed by atoms with Crippen LogP contribution in [0.15, 0.2) is 0 Å². The Kier molecular flexibility index (Phi) is 5.90. The van der Waals surface area contributed by atoms with Crippen LogP contribution in [0, 0.1) is 0 Å². The maximum Gasteiger partial charge on any atom is 0.491 e. The number of hydrogen-bond acceptors (Lipinski definition) is 6. The molecule has 7 nitrogen and oxygen atoms in total. The average molecular weight is 286 g/mol. The Balaban J connectivity index is 4.85. The smallest absolute Gasteiger partial charge is 0.479 e. The van der Waals surface area contributed by atoms with E-state index in [9.17, 15) is 27.6 Å². The zero-order valence-electron chi connectivity index (χ0n) is 9.70. The van der Waals surface area contributed by atoms with Crippen LogP contribution in [-0.4, -0.2) is 41.3 Å². The van der Waals surface area contributed by atoms with Gasteiger partial charge in [-0.3, -0.25) is 0 Å². The number of aliphatic carboxylic acids is 1. The number of carboxylic acids is 1. The summed E-state index contributed by atoms with van der Waals surface area (Å²) in [6.45, 7) is 0.187. The van der Waals surface area contributed by atoms with Gasteiger partial charge < -0.3 is 21.3 Å². The van der Waals surface area contributed by atoms with E-state index in [2.05, 4.69) is 4.74 Å². The third-order valence-corrected chi connectivity index (χ3v) is 2.19. The van der Waals surface area contributed by atoms with Crippen LogP contribution in [0.5, 0.6) is 0 Å². The number of carboxylic acid groups (broad SMARTS) is 1. The Hall–Kier alpha value is -1.68. The van der Waals surface area contributed by atoms with Gasteiger partial charge in [0, 0.05) is 0 Å². The molecule has 5 N–H and O–H groups in total. The number of rotatable bonds is 6. The maximum atomic E-state index is 11.9. The molecule has 19 heavy (non-hydrogen) atoms. The topological polar surface area (TPSA) is 133 Å². The molecule has 0 amide bonds. The lowest BCUT2D eigenvalue weighted by atomic mass is 9.94. The average Bonchev–Trinajstić information content (AvgIpc) is 2.27. The van der Waals surface area contributed by atoms with Gasteiger partial charge in [-0.2, -0.15) is 13.2 Å². The molecule has 0 heterocycles. The number of nitrogens with two attached hydrogens (primary N) is 2. The molecule has 0 bridgehead atoms. The molecule has 0 aliphatic carbocycles. The van der Waals surface area contributed by atoms with Crippen molar-refractivity contribution < 1.29 is 37.4 Å². The van der Waals surface area contributed by atoms with Crippen molar-refractivity contribution in [1.29, 1.82) is 0 Å². The van der Waals surface area contributed by atoms with Gasteiger partial charge in [0.25, 0.3) is 0 Å². The summed E-state index contributed by atoms with van der Waals surface area (Å²) in [6.07, 6.45) is -5.52. The second kappa shape index (κ2) is 6.48. The van der Waals surface area contributed by atoms with Crippen molar-refractivity contribution in [1.82, 2.24) is 0 Å². The summed E-state index contributed by atoms with van der Waals surface area (Å²) in [5, 5.41) is 8.77. The molecular weight excluding hydrogens is 273 g/mol. The summed E-state index contributed by atoms with van der Waals surface area (Å²) < 4.78 is 39.1. The predicted octanol–water partition coefficient (Wildman–Crippen LogP) is -0.470. The van der Waals surface area contributed by atoms with E-state index < -0.39 is 36.0 Å². The minimum Gasteiger partial charge on any atom is -0.479 e. The fourth-order valence-electron chi connectivity index (χ4n) is 1.08. The van der Waals surface area contributed by atoms with E-state index >= 15 is 0 Å². The first-order valence-corrected chi connectivity index (χ1v) is 5.11. The minimum absolute atomic E-state index is 0.0780. The first-order valence-electron chi connectivity index (χ1n) is 5.11. The van der Waals surface area contributed by atoms with Crippen LogP contribution in [0.4, 0.5) is 13.2 Å². The molecule has 0 radical (unpaired) electrons. The number of carbonyl (C=O) groups is 3. The standard InChI is InChI=1S/C9H13F3N2O5/c10-9(11,12)7(18)19-6(17)8(14,5(15)16)3-1-2-4-13/h1-4,13-14H2,(H,15,16). The summed E-state index contributed by atoms with van der Waals surface area (Å²) in [5.74, 6) is -6.66. The number of halogens is 3. The van der Waals surface area contributed by atoms with Crippen LogP contribution in [0.25, 0.3) is 0 Å². The van der Waals surface area contributed by atoms with Gasteiger partial charge in [-0.25, -0.2) is 14.4 Å². The summed E-state index contributed by atoms with van der Waals surface area (Å²) in [5.41, 5.74) is 7.61. The second-order valence-corrected chi connectivity index (χ2v) is 3.70. The Bertz CT molecular complexity index is 371. The Morgan fingerprint density at radius 1 is 1.11 bits per heavy atom. The van der Waals surface area contributed by atoms with E-state index in [4.69, 9.17) is 16.6 Å². The summed E-state index contributed by atoms with van der Waals surface area (Å²) in [7, 11) is 0. The highest BCUT2D eigenvalue weighted by Gasteiger charge is 2.49. The molecule has 0 rings (SSSR count). The Morgan fingerprint density at radius 3 is 2.00 bits per heavy atom. The van der Waals surface area contributed by atoms with Crippen molar-refractivity contribution in [3.05, 3.63) is 0 Å². The zero-order chi connectivity index (χ0) is 15.3. The zero-order valence-corrected chi connectivity index (χ0v) is 9.70. The quantitative estimate of drug-likeness (QED) is 0.341. The number of carbonyl (C=O) groups excluding carboxylic acids is 2. The number of ether oxygens (including phenoxy) is 1. The number of unbranched alkanes of at least 4 members (excludes halogenated alkanes) is 1. The molecule has 0 aromatic heterocycles. The lowest BCUT2D eigenvalue weighted by Gasteiger charge is -2.21. The van der Waals surface area contributed by atoms with Crippen molar-refractivity contribution in [3.63, 3.8) is 0 Å². The summed E-state index contributed by atoms with van der Waals surface area (Å²) in [4.78, 5) is 32.6. The number of alkyl halides is 3. The van der Waals surface area contributed by atoms with Crippen LogP contribution < -0.4 is 11.5 Å². The summed E-state index contributed by atoms with van der Waals surface area (Å²) >= 11 is 0. The van der Waals surface area contributed by atoms with E-state index in [1.54, 1.807) is 0 Å². The van der Waals surface area contributed by atoms with Crippen LogP contribution in [-0.2, 0) is 19.1 Å². The van der Waals surface area contributed by atoms with Gasteiger partial charge in [-0.05, 0) is 25.8 Å². The molecule has 0 aliphatic heterocycles. The van der Waals surface area contributed by atoms with E-state index in [0.29, 0.717) is 6.42 Å². The molecule has 0 fully saturated rings. The van der Waals surface area contributed by atoms with Crippen molar-refractivity contribution >= 4 is 17.9 Å². The summed E-state index contributed by atoms with van der Waals surface area (Å²) in [6, 6.07) is 0. The highest BCUT2D eigenvalue weighted by atomic mass is 19.4. The van der Waals surface area contributed by atoms with Crippen LogP contribution >= 0.6 is 0 Å². The third-order valence-electron chi connectivity index (χ3n) is 2.19. The van der Waals surface area contributed by atoms with E-state index in [1.807, 2.05) is 0 Å². The Morgan fingerprint density at radius 2 is 1.63 bits per heavy atom. The Labute approximate surface area is 105 Å². The fraction of sp³-hybridized carbons (Fsp3) is 0.667. The molecule has 0 saturated carbocycles. The van der Waals surface area contributed by atoms with E-state index in [0.717, 1.165) is 0 Å². The molecular formula is C9H13F3N2O5. The van der Waals surface area contributed by atoms with Gasteiger partial charge in [0.2, 0.25) is 5.54 Å². The number of esters is 2. The SMILES string of the molecule is NCCCCC(N)(C(=O)O)C(=O)OC(=O)C(F)(F)F. The lowest BCUT2D eigenvalue weighted by molar-refractivity contribution is -0.204. The molecule has 0 spiro atoms. The van der Waals surface area contributed by atoms with Crippen molar-refractivity contribution in [2.45, 2.75) is 31.0 Å². The van der Waals surface area contributed by atoms with Gasteiger partial charge in [0.05, 0.1) is 0 Å².